The minimum absolute atomic E-state index is 0.0128. The van der Waals surface area contributed by atoms with Crippen LogP contribution in [0.5, 0.6) is 5.88 Å². The first-order valence-electron chi connectivity index (χ1n) is 5.06. The normalized spacial score (nSPS) is 12.6. The smallest absolute Gasteiger partial charge is 0.261 e. The Labute approximate surface area is 102 Å². The molecule has 2 heterocycles. The fourth-order valence-corrected chi connectivity index (χ4v) is 1.42. The Balaban J connectivity index is 2.28. The Morgan fingerprint density at radius 3 is 3.12 bits per heavy atom. The van der Waals surface area contributed by atoms with Crippen molar-refractivity contribution in [3.8, 4) is 5.88 Å². The molecular weight excluding hydrogens is 244 g/mol. The number of nitrogens with zero attached hydrogens (tertiary/aromatic N) is 2. The SMILES string of the molecule is O=c1cc(OCC(O)CCl)nc2ccccn12. The molecule has 0 fully saturated rings. The highest BCUT2D eigenvalue weighted by atomic mass is 35.5. The van der Waals surface area contributed by atoms with Gasteiger partial charge < -0.3 is 9.84 Å². The number of halogens is 1. The molecule has 1 atom stereocenters. The summed E-state index contributed by atoms with van der Waals surface area (Å²) >= 11 is 5.43. The maximum atomic E-state index is 11.7. The molecule has 5 nitrogen and oxygen atoms in total. The van der Waals surface area contributed by atoms with Gasteiger partial charge in [0.25, 0.3) is 5.56 Å². The molecule has 0 saturated heterocycles. The summed E-state index contributed by atoms with van der Waals surface area (Å²) in [5, 5.41) is 9.23. The van der Waals surface area contributed by atoms with Gasteiger partial charge in [-0.1, -0.05) is 6.07 Å². The van der Waals surface area contributed by atoms with Crippen LogP contribution in [0.3, 0.4) is 0 Å². The Morgan fingerprint density at radius 1 is 1.53 bits per heavy atom. The van der Waals surface area contributed by atoms with E-state index in [1.807, 2.05) is 0 Å². The molecule has 17 heavy (non-hydrogen) atoms. The fraction of sp³-hybridized carbons (Fsp3) is 0.273. The average Bonchev–Trinajstić information content (AvgIpc) is 2.36. The zero-order chi connectivity index (χ0) is 12.3. The molecule has 0 saturated carbocycles. The van der Waals surface area contributed by atoms with Gasteiger partial charge in [0.1, 0.15) is 18.4 Å². The van der Waals surface area contributed by atoms with Crippen molar-refractivity contribution in [1.29, 1.82) is 0 Å². The minimum Gasteiger partial charge on any atom is -0.475 e. The first-order chi connectivity index (χ1) is 8.20. The quantitative estimate of drug-likeness (QED) is 0.815. The molecule has 0 amide bonds. The molecule has 0 bridgehead atoms. The van der Waals surface area contributed by atoms with Gasteiger partial charge >= 0.3 is 0 Å². The third-order valence-corrected chi connectivity index (χ3v) is 2.51. The van der Waals surface area contributed by atoms with Gasteiger partial charge in [0, 0.05) is 6.20 Å². The fourth-order valence-electron chi connectivity index (χ4n) is 1.33. The van der Waals surface area contributed by atoms with E-state index in [2.05, 4.69) is 4.98 Å². The highest BCUT2D eigenvalue weighted by molar-refractivity contribution is 6.18. The van der Waals surface area contributed by atoms with E-state index < -0.39 is 6.10 Å². The predicted molar refractivity (Wildman–Crippen MR) is 63.7 cm³/mol. The summed E-state index contributed by atoms with van der Waals surface area (Å²) in [6.07, 6.45) is 0.856. The summed E-state index contributed by atoms with van der Waals surface area (Å²) in [5.74, 6) is 0.261. The summed E-state index contributed by atoms with van der Waals surface area (Å²) in [6, 6.07) is 6.49. The molecule has 2 rings (SSSR count). The van der Waals surface area contributed by atoms with Crippen LogP contribution in [0.1, 0.15) is 0 Å². The number of rotatable bonds is 4. The van der Waals surface area contributed by atoms with E-state index in [1.54, 1.807) is 24.4 Å². The van der Waals surface area contributed by atoms with Crippen molar-refractivity contribution >= 4 is 17.2 Å². The molecule has 2 aromatic heterocycles. The van der Waals surface area contributed by atoms with Crippen molar-refractivity contribution in [3.63, 3.8) is 0 Å². The number of ether oxygens (including phenoxy) is 1. The second-order valence-electron chi connectivity index (χ2n) is 3.48. The van der Waals surface area contributed by atoms with Crippen molar-refractivity contribution in [2.24, 2.45) is 0 Å². The topological polar surface area (TPSA) is 63.8 Å². The second kappa shape index (κ2) is 5.16. The molecule has 0 radical (unpaired) electrons. The third kappa shape index (κ3) is 2.75. The number of hydrogen-bond acceptors (Lipinski definition) is 4. The molecule has 2 aromatic rings. The van der Waals surface area contributed by atoms with Crippen molar-refractivity contribution in [2.45, 2.75) is 6.10 Å². The van der Waals surface area contributed by atoms with E-state index in [9.17, 15) is 9.90 Å². The second-order valence-corrected chi connectivity index (χ2v) is 3.79. The number of aliphatic hydroxyl groups is 1. The Hall–Kier alpha value is -1.59. The van der Waals surface area contributed by atoms with Crippen LogP contribution in [-0.4, -0.2) is 33.1 Å². The van der Waals surface area contributed by atoms with E-state index in [0.717, 1.165) is 0 Å². The van der Waals surface area contributed by atoms with Crippen LogP contribution in [0, 0.1) is 0 Å². The number of aliphatic hydroxyl groups excluding tert-OH is 1. The van der Waals surface area contributed by atoms with Crippen LogP contribution in [-0.2, 0) is 0 Å². The van der Waals surface area contributed by atoms with E-state index in [-0.39, 0.29) is 23.9 Å². The van der Waals surface area contributed by atoms with Crippen LogP contribution in [0.15, 0.2) is 35.3 Å². The Bertz CT molecular complexity index is 570. The Morgan fingerprint density at radius 2 is 2.35 bits per heavy atom. The maximum Gasteiger partial charge on any atom is 0.261 e. The zero-order valence-electron chi connectivity index (χ0n) is 8.91. The maximum absolute atomic E-state index is 11.7. The summed E-state index contributed by atoms with van der Waals surface area (Å²) in [5.41, 5.74) is 0.265. The summed E-state index contributed by atoms with van der Waals surface area (Å²) in [7, 11) is 0. The zero-order valence-corrected chi connectivity index (χ0v) is 9.67. The third-order valence-electron chi connectivity index (χ3n) is 2.15. The first-order valence-corrected chi connectivity index (χ1v) is 5.59. The molecular formula is C11H11ClN2O3. The van der Waals surface area contributed by atoms with Crippen molar-refractivity contribution in [2.75, 3.05) is 12.5 Å². The number of alkyl halides is 1. The summed E-state index contributed by atoms with van der Waals surface area (Å²) in [4.78, 5) is 15.8. The molecule has 0 aliphatic heterocycles. The molecule has 1 unspecified atom stereocenters. The molecule has 90 valence electrons. The lowest BCUT2D eigenvalue weighted by atomic mass is 10.4. The molecule has 0 aliphatic rings. The van der Waals surface area contributed by atoms with Gasteiger partial charge in [-0.05, 0) is 12.1 Å². The monoisotopic (exact) mass is 254 g/mol. The van der Waals surface area contributed by atoms with Crippen LogP contribution < -0.4 is 10.3 Å². The van der Waals surface area contributed by atoms with Crippen molar-refractivity contribution < 1.29 is 9.84 Å². The average molecular weight is 255 g/mol. The first kappa shape index (κ1) is 11.9. The highest BCUT2D eigenvalue weighted by Gasteiger charge is 2.06. The van der Waals surface area contributed by atoms with Gasteiger partial charge in [0.2, 0.25) is 5.88 Å². The van der Waals surface area contributed by atoms with Gasteiger partial charge in [-0.25, -0.2) is 0 Å². The largest absolute Gasteiger partial charge is 0.475 e. The van der Waals surface area contributed by atoms with E-state index >= 15 is 0 Å². The number of hydrogen-bond donors (Lipinski definition) is 1. The van der Waals surface area contributed by atoms with Crippen molar-refractivity contribution in [1.82, 2.24) is 9.38 Å². The lowest BCUT2D eigenvalue weighted by Gasteiger charge is -2.09. The van der Waals surface area contributed by atoms with Crippen LogP contribution in [0.2, 0.25) is 0 Å². The van der Waals surface area contributed by atoms with Gasteiger partial charge in [-0.3, -0.25) is 9.20 Å². The van der Waals surface area contributed by atoms with E-state index in [0.29, 0.717) is 5.65 Å². The lowest BCUT2D eigenvalue weighted by Crippen LogP contribution is -2.21. The van der Waals surface area contributed by atoms with Crippen LogP contribution >= 0.6 is 11.6 Å². The van der Waals surface area contributed by atoms with Gasteiger partial charge in [0.05, 0.1) is 11.9 Å². The van der Waals surface area contributed by atoms with Crippen LogP contribution in [0.25, 0.3) is 5.65 Å². The minimum atomic E-state index is -0.771. The van der Waals surface area contributed by atoms with Gasteiger partial charge in [0.15, 0.2) is 0 Å². The molecule has 0 spiro atoms. The molecule has 0 aromatic carbocycles. The summed E-state index contributed by atoms with van der Waals surface area (Å²) in [6.45, 7) is 0.0128. The molecule has 0 aliphatic carbocycles. The van der Waals surface area contributed by atoms with Crippen LogP contribution in [0.4, 0.5) is 0 Å². The standard InChI is InChI=1S/C11H11ClN2O3/c12-6-8(15)7-17-10-5-11(16)14-4-2-1-3-9(14)13-10/h1-5,8,15H,6-7H2. The lowest BCUT2D eigenvalue weighted by molar-refractivity contribution is 0.122. The van der Waals surface area contributed by atoms with E-state index in [4.69, 9.17) is 16.3 Å². The number of pyridine rings is 1. The Kier molecular flexibility index (Phi) is 3.61. The molecule has 1 N–H and O–H groups in total. The van der Waals surface area contributed by atoms with Gasteiger partial charge in [-0.15, -0.1) is 11.6 Å². The van der Waals surface area contributed by atoms with Gasteiger partial charge in [-0.2, -0.15) is 4.98 Å². The highest BCUT2D eigenvalue weighted by Crippen LogP contribution is 2.06. The van der Waals surface area contributed by atoms with Crippen molar-refractivity contribution in [3.05, 3.63) is 40.8 Å². The summed E-state index contributed by atoms with van der Waals surface area (Å²) < 4.78 is 6.60. The predicted octanol–water partition coefficient (Wildman–Crippen LogP) is 0.673. The van der Waals surface area contributed by atoms with E-state index in [1.165, 1.54) is 10.5 Å². The number of aromatic nitrogens is 2. The number of fused-ring (bicyclic) bond motifs is 1. The molecule has 6 heteroatoms.